The number of aromatic carboxylic acids is 1. The highest BCUT2D eigenvalue weighted by atomic mass is 33.1. The Balaban J connectivity index is 1.52. The van der Waals surface area contributed by atoms with Gasteiger partial charge in [-0.25, -0.2) is 14.8 Å². The summed E-state index contributed by atoms with van der Waals surface area (Å²) in [7, 11) is 3.01. The number of carboxylic acids is 1. The van der Waals surface area contributed by atoms with Gasteiger partial charge in [-0.2, -0.15) is 0 Å². The molecule has 26 heavy (non-hydrogen) atoms. The van der Waals surface area contributed by atoms with E-state index in [1.807, 2.05) is 6.07 Å². The zero-order valence-corrected chi connectivity index (χ0v) is 16.2. The molecule has 2 heterocycles. The van der Waals surface area contributed by atoms with E-state index in [1.54, 1.807) is 41.7 Å². The third-order valence-electron chi connectivity index (χ3n) is 3.37. The Kier molecular flexibility index (Phi) is 5.00. The largest absolute Gasteiger partial charge is 0.478 e. The molecule has 4 aromatic rings. The molecule has 2 N–H and O–H groups in total. The topological polar surface area (TPSA) is 92.5 Å². The van der Waals surface area contributed by atoms with Crippen LogP contribution in [0.3, 0.4) is 0 Å². The molecule has 0 saturated heterocycles. The van der Waals surface area contributed by atoms with Crippen LogP contribution < -0.4 is 4.74 Å². The van der Waals surface area contributed by atoms with Crippen LogP contribution in [-0.2, 0) is 0 Å². The van der Waals surface area contributed by atoms with E-state index in [0.717, 1.165) is 23.6 Å². The fourth-order valence-corrected chi connectivity index (χ4v) is 6.69. The van der Waals surface area contributed by atoms with Crippen molar-refractivity contribution in [2.45, 2.75) is 8.68 Å². The van der Waals surface area contributed by atoms with Crippen molar-refractivity contribution in [2.75, 3.05) is 6.79 Å². The second kappa shape index (κ2) is 7.41. The molecule has 4 rings (SSSR count). The predicted octanol–water partition coefficient (Wildman–Crippen LogP) is 4.73. The monoisotopic (exact) mass is 422 g/mol. The van der Waals surface area contributed by atoms with E-state index in [2.05, 4.69) is 9.97 Å². The Morgan fingerprint density at radius 3 is 2.23 bits per heavy atom. The maximum atomic E-state index is 11.0. The van der Waals surface area contributed by atoms with Crippen molar-refractivity contribution >= 4 is 70.7 Å². The molecule has 0 saturated carbocycles. The number of carbonyl (C=O) groups is 1. The summed E-state index contributed by atoms with van der Waals surface area (Å²) in [5.41, 5.74) is 1.74. The van der Waals surface area contributed by atoms with Gasteiger partial charge in [-0.05, 0) is 51.9 Å². The van der Waals surface area contributed by atoms with Gasteiger partial charge in [-0.15, -0.1) is 22.7 Å². The van der Waals surface area contributed by atoms with Crippen LogP contribution in [0.25, 0.3) is 20.4 Å². The Morgan fingerprint density at radius 2 is 1.62 bits per heavy atom. The van der Waals surface area contributed by atoms with Crippen molar-refractivity contribution in [3.05, 3.63) is 42.0 Å². The van der Waals surface area contributed by atoms with Gasteiger partial charge in [-0.1, -0.05) is 0 Å². The van der Waals surface area contributed by atoms with Crippen LogP contribution in [0.1, 0.15) is 10.4 Å². The molecule has 0 amide bonds. The third kappa shape index (κ3) is 3.64. The lowest BCUT2D eigenvalue weighted by Crippen LogP contribution is -1.94. The maximum Gasteiger partial charge on any atom is 0.335 e. The average Bonchev–Trinajstić information content (AvgIpc) is 3.22. The molecule has 0 atom stereocenters. The molecule has 0 aliphatic heterocycles. The number of fused-ring (bicyclic) bond motifs is 2. The molecule has 0 fully saturated rings. The standard InChI is InChI=1S/C16H10N2O4S4/c19-7-22-9-2-4-13-11(6-9)18-16(24-13)26-25-15-17-10-5-8(14(20)21)1-3-12(10)23-15/h1-6,19H,7H2,(H,20,21). The predicted molar refractivity (Wildman–Crippen MR) is 106 cm³/mol. The van der Waals surface area contributed by atoms with Crippen molar-refractivity contribution in [1.29, 1.82) is 0 Å². The first-order valence-corrected chi connectivity index (χ1v) is 11.0. The molecule has 2 aromatic heterocycles. The summed E-state index contributed by atoms with van der Waals surface area (Å²) in [6.07, 6.45) is 0. The van der Waals surface area contributed by atoms with E-state index in [4.69, 9.17) is 14.9 Å². The van der Waals surface area contributed by atoms with Crippen LogP contribution in [0.15, 0.2) is 45.1 Å². The van der Waals surface area contributed by atoms with E-state index in [9.17, 15) is 4.79 Å². The minimum atomic E-state index is -0.956. The SMILES string of the molecule is O=C(O)c1ccc2sc(SSc3nc4cc(OCO)ccc4s3)nc2c1. The summed E-state index contributed by atoms with van der Waals surface area (Å²) in [5, 5.41) is 17.9. The number of rotatable bonds is 6. The van der Waals surface area contributed by atoms with Crippen LogP contribution in [0.2, 0.25) is 0 Å². The minimum absolute atomic E-state index is 0.235. The van der Waals surface area contributed by atoms with E-state index >= 15 is 0 Å². The molecule has 0 bridgehead atoms. The molecule has 0 aliphatic rings. The van der Waals surface area contributed by atoms with Crippen LogP contribution >= 0.6 is 44.3 Å². The number of ether oxygens (including phenoxy) is 1. The molecular weight excluding hydrogens is 412 g/mol. The zero-order valence-electron chi connectivity index (χ0n) is 12.9. The molecule has 6 nitrogen and oxygen atoms in total. The number of nitrogens with zero attached hydrogens (tertiary/aromatic N) is 2. The molecule has 10 heteroatoms. The molecule has 0 spiro atoms. The summed E-state index contributed by atoms with van der Waals surface area (Å²) in [6.45, 7) is -0.367. The van der Waals surface area contributed by atoms with Crippen molar-refractivity contribution in [3.8, 4) is 5.75 Å². The zero-order chi connectivity index (χ0) is 18.1. The number of aliphatic hydroxyl groups is 1. The lowest BCUT2D eigenvalue weighted by molar-refractivity contribution is 0.0697. The number of aromatic nitrogens is 2. The van der Waals surface area contributed by atoms with Gasteiger partial charge < -0.3 is 14.9 Å². The minimum Gasteiger partial charge on any atom is -0.478 e. The first-order valence-electron chi connectivity index (χ1n) is 7.25. The molecule has 0 aliphatic carbocycles. The maximum absolute atomic E-state index is 11.0. The first kappa shape index (κ1) is 17.6. The normalized spacial score (nSPS) is 11.3. The highest BCUT2D eigenvalue weighted by molar-refractivity contribution is 8.77. The van der Waals surface area contributed by atoms with E-state index in [-0.39, 0.29) is 12.4 Å². The van der Waals surface area contributed by atoms with Crippen LogP contribution in [-0.4, -0.2) is 32.9 Å². The Labute approximate surface area is 163 Å². The number of hydrogen-bond donors (Lipinski definition) is 2. The second-order valence-electron chi connectivity index (χ2n) is 5.02. The van der Waals surface area contributed by atoms with Crippen molar-refractivity contribution in [3.63, 3.8) is 0 Å². The number of hydrogen-bond acceptors (Lipinski definition) is 9. The fraction of sp³-hybridized carbons (Fsp3) is 0.0625. The molecule has 132 valence electrons. The van der Waals surface area contributed by atoms with Gasteiger partial charge >= 0.3 is 5.97 Å². The first-order chi connectivity index (χ1) is 12.6. The quantitative estimate of drug-likeness (QED) is 0.340. The van der Waals surface area contributed by atoms with Gasteiger partial charge in [-0.3, -0.25) is 0 Å². The van der Waals surface area contributed by atoms with Gasteiger partial charge in [0.2, 0.25) is 0 Å². The van der Waals surface area contributed by atoms with Gasteiger partial charge in [0.1, 0.15) is 5.75 Å². The van der Waals surface area contributed by atoms with Crippen molar-refractivity contribution in [1.82, 2.24) is 9.97 Å². The summed E-state index contributed by atoms with van der Waals surface area (Å²) in [4.78, 5) is 20.1. The third-order valence-corrected chi connectivity index (χ3v) is 8.41. The van der Waals surface area contributed by atoms with E-state index in [0.29, 0.717) is 11.3 Å². The Bertz CT molecular complexity index is 1110. The number of carboxylic acid groups (broad SMARTS) is 1. The lowest BCUT2D eigenvalue weighted by atomic mass is 10.2. The Morgan fingerprint density at radius 1 is 1.00 bits per heavy atom. The van der Waals surface area contributed by atoms with Crippen LogP contribution in [0, 0.1) is 0 Å². The van der Waals surface area contributed by atoms with Gasteiger partial charge in [0.25, 0.3) is 0 Å². The summed E-state index contributed by atoms with van der Waals surface area (Å²) >= 11 is 3.09. The summed E-state index contributed by atoms with van der Waals surface area (Å²) in [5.74, 6) is -0.377. The van der Waals surface area contributed by atoms with Crippen LogP contribution in [0.5, 0.6) is 5.75 Å². The highest BCUT2D eigenvalue weighted by Gasteiger charge is 2.11. The Hall–Kier alpha value is -1.85. The van der Waals surface area contributed by atoms with Gasteiger partial charge in [0.15, 0.2) is 15.5 Å². The molecule has 0 radical (unpaired) electrons. The van der Waals surface area contributed by atoms with E-state index in [1.165, 1.54) is 32.9 Å². The number of aliphatic hydroxyl groups excluding tert-OH is 1. The lowest BCUT2D eigenvalue weighted by Gasteiger charge is -1.99. The second-order valence-corrected chi connectivity index (χ2v) is 9.70. The van der Waals surface area contributed by atoms with Crippen molar-refractivity contribution in [2.24, 2.45) is 0 Å². The summed E-state index contributed by atoms with van der Waals surface area (Å²) in [6, 6.07) is 10.5. The fourth-order valence-electron chi connectivity index (χ4n) is 2.23. The average molecular weight is 423 g/mol. The van der Waals surface area contributed by atoms with Gasteiger partial charge in [0.05, 0.1) is 26.0 Å². The smallest absolute Gasteiger partial charge is 0.335 e. The summed E-state index contributed by atoms with van der Waals surface area (Å²) < 4.78 is 8.79. The molecule has 2 aromatic carbocycles. The highest BCUT2D eigenvalue weighted by Crippen LogP contribution is 2.43. The number of thiazole rings is 2. The molecular formula is C16H10N2O4S4. The van der Waals surface area contributed by atoms with Crippen molar-refractivity contribution < 1.29 is 19.7 Å². The van der Waals surface area contributed by atoms with E-state index < -0.39 is 5.97 Å². The van der Waals surface area contributed by atoms with Gasteiger partial charge in [0, 0.05) is 6.07 Å². The van der Waals surface area contributed by atoms with Crippen LogP contribution in [0.4, 0.5) is 0 Å². The number of benzene rings is 2. The molecule has 0 unspecified atom stereocenters.